The Kier molecular flexibility index (Phi) is 3.07. The van der Waals surface area contributed by atoms with Crippen LogP contribution in [0.5, 0.6) is 0 Å². The fourth-order valence-electron chi connectivity index (χ4n) is 6.23. The molecule has 1 unspecified atom stereocenters. The van der Waals surface area contributed by atoms with Gasteiger partial charge in [0, 0.05) is 30.5 Å². The van der Waals surface area contributed by atoms with Gasteiger partial charge >= 0.3 is 0 Å². The highest BCUT2D eigenvalue weighted by molar-refractivity contribution is 5.76. The van der Waals surface area contributed by atoms with Crippen LogP contribution in [0.15, 0.2) is 41.9 Å². The predicted molar refractivity (Wildman–Crippen MR) is 109 cm³/mol. The van der Waals surface area contributed by atoms with Gasteiger partial charge in [-0.3, -0.25) is 0 Å². The fraction of sp³-hybridized carbons (Fsp3) is 0.522. The molecule has 0 amide bonds. The molecule has 1 aromatic carbocycles. The summed E-state index contributed by atoms with van der Waals surface area (Å²) >= 11 is 0. The summed E-state index contributed by atoms with van der Waals surface area (Å²) in [5, 5.41) is 0. The topological polar surface area (TPSA) is 82.6 Å². The summed E-state index contributed by atoms with van der Waals surface area (Å²) in [6.07, 6.45) is 10.9. The van der Waals surface area contributed by atoms with Crippen LogP contribution in [0.4, 0.5) is 0 Å². The second-order valence-electron chi connectivity index (χ2n) is 9.12. The van der Waals surface area contributed by atoms with Crippen molar-refractivity contribution in [3.8, 4) is 11.1 Å². The number of nitrogens with two attached hydrogens (primary N) is 1. The molecule has 0 radical (unpaired) electrons. The maximum atomic E-state index is 8.97. The largest absolute Gasteiger partial charge is 0.462 e. The van der Waals surface area contributed by atoms with Crippen LogP contribution in [-0.4, -0.2) is 35.8 Å². The Bertz CT molecular complexity index is 1090. The van der Waals surface area contributed by atoms with Crippen molar-refractivity contribution < 1.29 is 12.2 Å². The van der Waals surface area contributed by atoms with E-state index in [-0.39, 0.29) is 17.5 Å². The third kappa shape index (κ3) is 2.29. The van der Waals surface area contributed by atoms with E-state index in [1.165, 1.54) is 6.33 Å². The maximum Gasteiger partial charge on any atom is 0.283 e. The lowest BCUT2D eigenvalue weighted by Crippen LogP contribution is -2.50. The van der Waals surface area contributed by atoms with Gasteiger partial charge in [0.1, 0.15) is 18.4 Å². The van der Waals surface area contributed by atoms with Gasteiger partial charge in [0.05, 0.1) is 8.85 Å². The molecule has 2 N–H and O–H groups in total. The van der Waals surface area contributed by atoms with Crippen LogP contribution < -0.4 is 5.73 Å². The third-order valence-corrected chi connectivity index (χ3v) is 7.71. The van der Waals surface area contributed by atoms with Crippen LogP contribution in [0.2, 0.25) is 0 Å². The smallest absolute Gasteiger partial charge is 0.283 e. The number of ether oxygens (including phenoxy) is 2. The summed E-state index contributed by atoms with van der Waals surface area (Å²) in [5.41, 5.74) is 8.43. The highest BCUT2D eigenvalue weighted by Crippen LogP contribution is 2.70. The van der Waals surface area contributed by atoms with Gasteiger partial charge in [0.2, 0.25) is 0 Å². The van der Waals surface area contributed by atoms with Crippen molar-refractivity contribution in [3.63, 3.8) is 0 Å². The van der Waals surface area contributed by atoms with Gasteiger partial charge in [-0.2, -0.15) is 0 Å². The van der Waals surface area contributed by atoms with Gasteiger partial charge in [-0.1, -0.05) is 12.1 Å². The number of benzene rings is 1. The van der Waals surface area contributed by atoms with Crippen molar-refractivity contribution in [2.24, 2.45) is 21.6 Å². The second kappa shape index (κ2) is 5.79. The number of fused-ring (bicyclic) bond motifs is 3. The minimum absolute atomic E-state index is 0.0654. The molecule has 3 aliphatic carbocycles. The summed E-state index contributed by atoms with van der Waals surface area (Å²) in [7, 11) is 1.80. The van der Waals surface area contributed by atoms with Gasteiger partial charge < -0.3 is 15.2 Å². The van der Waals surface area contributed by atoms with Crippen LogP contribution >= 0.6 is 0 Å². The van der Waals surface area contributed by atoms with Crippen LogP contribution in [-0.2, 0) is 21.4 Å². The summed E-state index contributed by atoms with van der Waals surface area (Å²) in [6, 6.07) is 6.16. The Morgan fingerprint density at radius 3 is 2.72 bits per heavy atom. The van der Waals surface area contributed by atoms with Crippen molar-refractivity contribution in [2.45, 2.75) is 50.2 Å². The van der Waals surface area contributed by atoms with Crippen molar-refractivity contribution >= 4 is 6.02 Å². The molecule has 1 aromatic heterocycles. The molecule has 6 heteroatoms. The molecular weight excluding hydrogens is 364 g/mol. The Morgan fingerprint density at radius 2 is 2.03 bits per heavy atom. The van der Waals surface area contributed by atoms with E-state index in [4.69, 9.17) is 22.9 Å². The number of nitrogens with zero attached hydrogens (tertiary/aromatic N) is 3. The Labute approximate surface area is 173 Å². The monoisotopic (exact) mass is 392 g/mol. The van der Waals surface area contributed by atoms with Gasteiger partial charge in [-0.25, -0.2) is 15.0 Å². The molecular formula is C23H26N4O2. The van der Waals surface area contributed by atoms with Crippen molar-refractivity contribution in [1.82, 2.24) is 9.97 Å². The molecule has 2 saturated carbocycles. The lowest BCUT2D eigenvalue weighted by atomic mass is 9.58. The molecule has 1 aliphatic heterocycles. The van der Waals surface area contributed by atoms with E-state index in [1.807, 2.05) is 6.07 Å². The first-order valence-corrected chi connectivity index (χ1v) is 10.3. The highest BCUT2D eigenvalue weighted by Gasteiger charge is 2.67. The van der Waals surface area contributed by atoms with E-state index >= 15 is 0 Å². The quantitative estimate of drug-likeness (QED) is 0.849. The van der Waals surface area contributed by atoms with Crippen LogP contribution in [0.25, 0.3) is 11.1 Å². The zero-order valence-corrected chi connectivity index (χ0v) is 16.5. The van der Waals surface area contributed by atoms with Crippen molar-refractivity contribution in [3.05, 3.63) is 48.0 Å². The standard InChI is InChI=1S/C23H26N4O2/c1-28-19-4-5-22(12-21(19)6-7-21)9-16-3-2-15(17-10-25-14-26-11-17)8-18(16)23(22)13-29-20(24)27-23/h2-3,8,10-11,14,19H,4-7,9,12-13H2,1H3,(H2,24,27)/t19-,22+,23?/m1/s1/i13D2. The minimum atomic E-state index is -2.02. The van der Waals surface area contributed by atoms with E-state index in [9.17, 15) is 0 Å². The van der Waals surface area contributed by atoms with Crippen LogP contribution in [0.3, 0.4) is 0 Å². The molecule has 6 rings (SSSR count). The fourth-order valence-corrected chi connectivity index (χ4v) is 6.23. The normalized spacial score (nSPS) is 36.4. The summed E-state index contributed by atoms with van der Waals surface area (Å²) < 4.78 is 29.3. The lowest BCUT2D eigenvalue weighted by Gasteiger charge is -2.49. The van der Waals surface area contributed by atoms with Gasteiger partial charge in [0.15, 0.2) is 0 Å². The Hall–Kier alpha value is -2.47. The molecule has 3 spiro atoms. The number of hydrogen-bond acceptors (Lipinski definition) is 6. The summed E-state index contributed by atoms with van der Waals surface area (Å²) in [5.74, 6) is 0. The highest BCUT2D eigenvalue weighted by atomic mass is 16.5. The number of hydrogen-bond donors (Lipinski definition) is 1. The number of amidine groups is 1. The molecule has 2 heterocycles. The number of aromatic nitrogens is 2. The first kappa shape index (κ1) is 15.4. The molecule has 0 bridgehead atoms. The lowest BCUT2D eigenvalue weighted by molar-refractivity contribution is -0.0621. The molecule has 150 valence electrons. The zero-order chi connectivity index (χ0) is 21.5. The molecule has 2 aromatic rings. The van der Waals surface area contributed by atoms with Crippen LogP contribution in [0, 0.1) is 10.8 Å². The average molecular weight is 392 g/mol. The van der Waals surface area contributed by atoms with E-state index in [1.54, 1.807) is 19.5 Å². The molecule has 4 aliphatic rings. The van der Waals surface area contributed by atoms with Gasteiger partial charge in [0.25, 0.3) is 6.02 Å². The van der Waals surface area contributed by atoms with E-state index in [2.05, 4.69) is 22.1 Å². The van der Waals surface area contributed by atoms with E-state index in [0.29, 0.717) is 0 Å². The van der Waals surface area contributed by atoms with Crippen molar-refractivity contribution in [1.29, 1.82) is 0 Å². The third-order valence-electron chi connectivity index (χ3n) is 7.71. The maximum absolute atomic E-state index is 8.97. The first-order chi connectivity index (χ1) is 14.8. The van der Waals surface area contributed by atoms with E-state index < -0.39 is 17.5 Å². The van der Waals surface area contributed by atoms with Gasteiger partial charge in [-0.05, 0) is 66.7 Å². The molecule has 6 nitrogen and oxygen atoms in total. The Morgan fingerprint density at radius 1 is 1.21 bits per heavy atom. The minimum Gasteiger partial charge on any atom is -0.462 e. The average Bonchev–Trinajstić information content (AvgIpc) is 3.38. The SMILES string of the molecule is [2H]C1([2H])OC(N)=NC12c1cc(-c3cncnc3)ccc1C[C@]21CC[C@@H](OC)C2(CC2)C1. The molecule has 3 atom stereocenters. The summed E-state index contributed by atoms with van der Waals surface area (Å²) in [4.78, 5) is 13.1. The number of methoxy groups -OCH3 is 1. The zero-order valence-electron chi connectivity index (χ0n) is 18.5. The molecule has 0 saturated heterocycles. The number of rotatable bonds is 2. The van der Waals surface area contributed by atoms with Gasteiger partial charge in [-0.15, -0.1) is 0 Å². The van der Waals surface area contributed by atoms with Crippen LogP contribution in [0.1, 0.15) is 46.0 Å². The molecule has 2 fully saturated rings. The first-order valence-electron chi connectivity index (χ1n) is 11.3. The predicted octanol–water partition coefficient (Wildman–Crippen LogP) is 3.21. The summed E-state index contributed by atoms with van der Waals surface area (Å²) in [6.45, 7) is -2.02. The van der Waals surface area contributed by atoms with Crippen molar-refractivity contribution in [2.75, 3.05) is 13.7 Å². The Balaban J connectivity index is 1.55. The number of aliphatic imine (C=N–C) groups is 1. The molecule has 29 heavy (non-hydrogen) atoms. The van der Waals surface area contributed by atoms with E-state index in [0.717, 1.165) is 60.8 Å². The second-order valence-corrected chi connectivity index (χ2v) is 9.12.